The van der Waals surface area contributed by atoms with E-state index in [0.717, 1.165) is 21.9 Å². The SMILES string of the molecule is O=[N+]([O-])c1cc(C=Nc2cc(-c3cccs3)no2)cs1. The molecule has 0 N–H and O–H groups in total. The maximum atomic E-state index is 10.6. The third-order valence-corrected chi connectivity index (χ3v) is 4.19. The monoisotopic (exact) mass is 305 g/mol. The first-order valence-electron chi connectivity index (χ1n) is 5.50. The van der Waals surface area contributed by atoms with Crippen LogP contribution >= 0.6 is 22.7 Å². The van der Waals surface area contributed by atoms with Gasteiger partial charge in [0.1, 0.15) is 5.69 Å². The van der Waals surface area contributed by atoms with Crippen LogP contribution in [0.25, 0.3) is 10.6 Å². The minimum absolute atomic E-state index is 0.0864. The summed E-state index contributed by atoms with van der Waals surface area (Å²) >= 11 is 2.62. The maximum Gasteiger partial charge on any atom is 0.324 e. The van der Waals surface area contributed by atoms with E-state index in [-0.39, 0.29) is 5.00 Å². The molecule has 3 aromatic heterocycles. The van der Waals surface area contributed by atoms with Crippen LogP contribution in [0.3, 0.4) is 0 Å². The van der Waals surface area contributed by atoms with Gasteiger partial charge < -0.3 is 4.52 Å². The van der Waals surface area contributed by atoms with Gasteiger partial charge in [0.15, 0.2) is 0 Å². The van der Waals surface area contributed by atoms with Crippen molar-refractivity contribution in [2.24, 2.45) is 4.99 Å². The summed E-state index contributed by atoms with van der Waals surface area (Å²) in [4.78, 5) is 15.3. The van der Waals surface area contributed by atoms with Crippen molar-refractivity contribution >= 4 is 39.8 Å². The predicted octanol–water partition coefficient (Wildman–Crippen LogP) is 4.12. The van der Waals surface area contributed by atoms with Gasteiger partial charge in [0.2, 0.25) is 0 Å². The lowest BCUT2D eigenvalue weighted by atomic mass is 10.3. The van der Waals surface area contributed by atoms with Crippen LogP contribution < -0.4 is 0 Å². The predicted molar refractivity (Wildman–Crippen MR) is 78.0 cm³/mol. The molecule has 0 bridgehead atoms. The zero-order valence-electron chi connectivity index (χ0n) is 9.92. The average molecular weight is 305 g/mol. The summed E-state index contributed by atoms with van der Waals surface area (Å²) < 4.78 is 5.09. The van der Waals surface area contributed by atoms with E-state index in [4.69, 9.17) is 4.52 Å². The van der Waals surface area contributed by atoms with Crippen LogP contribution in [0, 0.1) is 10.1 Å². The van der Waals surface area contributed by atoms with Crippen molar-refractivity contribution in [2.45, 2.75) is 0 Å². The Kier molecular flexibility index (Phi) is 3.40. The van der Waals surface area contributed by atoms with Crippen molar-refractivity contribution in [3.63, 3.8) is 0 Å². The van der Waals surface area contributed by atoms with Crippen LogP contribution in [0.2, 0.25) is 0 Å². The summed E-state index contributed by atoms with van der Waals surface area (Å²) in [6, 6.07) is 7.06. The molecule has 0 fully saturated rings. The number of aliphatic imine (C=N–C) groups is 1. The van der Waals surface area contributed by atoms with Crippen LogP contribution in [0.4, 0.5) is 10.9 Å². The lowest BCUT2D eigenvalue weighted by Crippen LogP contribution is -1.81. The number of thiophene rings is 2. The lowest BCUT2D eigenvalue weighted by molar-refractivity contribution is -0.380. The molecule has 0 unspecified atom stereocenters. The molecular formula is C12H7N3O3S2. The molecular weight excluding hydrogens is 298 g/mol. The molecule has 0 aliphatic rings. The first kappa shape index (κ1) is 12.7. The van der Waals surface area contributed by atoms with E-state index in [2.05, 4.69) is 10.1 Å². The van der Waals surface area contributed by atoms with E-state index >= 15 is 0 Å². The normalized spacial score (nSPS) is 11.2. The summed E-state index contributed by atoms with van der Waals surface area (Å²) in [6.45, 7) is 0. The highest BCUT2D eigenvalue weighted by Gasteiger charge is 2.09. The third kappa shape index (κ3) is 2.65. The van der Waals surface area contributed by atoms with Gasteiger partial charge >= 0.3 is 5.00 Å². The number of hydrogen-bond donors (Lipinski definition) is 0. The minimum Gasteiger partial charge on any atom is -0.336 e. The highest BCUT2D eigenvalue weighted by atomic mass is 32.1. The fraction of sp³-hybridized carbons (Fsp3) is 0. The number of rotatable bonds is 4. The van der Waals surface area contributed by atoms with Gasteiger partial charge in [-0.3, -0.25) is 10.1 Å². The molecule has 0 aliphatic heterocycles. The Hall–Kier alpha value is -2.32. The van der Waals surface area contributed by atoms with Gasteiger partial charge in [-0.15, -0.1) is 11.3 Å². The van der Waals surface area contributed by atoms with Crippen molar-refractivity contribution in [3.8, 4) is 10.6 Å². The van der Waals surface area contributed by atoms with E-state index in [1.807, 2.05) is 17.5 Å². The van der Waals surface area contributed by atoms with Crippen molar-refractivity contribution in [2.75, 3.05) is 0 Å². The Balaban J connectivity index is 1.77. The zero-order valence-corrected chi connectivity index (χ0v) is 11.6. The van der Waals surface area contributed by atoms with Crippen molar-refractivity contribution < 1.29 is 9.45 Å². The average Bonchev–Trinajstić information content (AvgIpc) is 3.17. The smallest absolute Gasteiger partial charge is 0.324 e. The van der Waals surface area contributed by atoms with Gasteiger partial charge in [0.05, 0.1) is 9.80 Å². The van der Waals surface area contributed by atoms with E-state index < -0.39 is 4.92 Å². The molecule has 0 atom stereocenters. The van der Waals surface area contributed by atoms with Crippen LogP contribution in [-0.4, -0.2) is 16.3 Å². The van der Waals surface area contributed by atoms with Crippen molar-refractivity contribution in [1.29, 1.82) is 0 Å². The molecule has 0 aromatic carbocycles. The first-order valence-corrected chi connectivity index (χ1v) is 7.26. The Labute approximate surface area is 121 Å². The molecule has 20 heavy (non-hydrogen) atoms. The fourth-order valence-corrected chi connectivity index (χ4v) is 2.86. The molecule has 0 radical (unpaired) electrons. The molecule has 3 aromatic rings. The Morgan fingerprint density at radius 3 is 3.00 bits per heavy atom. The van der Waals surface area contributed by atoms with E-state index in [1.165, 1.54) is 12.3 Å². The molecule has 0 saturated heterocycles. The Morgan fingerprint density at radius 2 is 2.30 bits per heavy atom. The largest absolute Gasteiger partial charge is 0.336 e. The highest BCUT2D eigenvalue weighted by molar-refractivity contribution is 7.13. The quantitative estimate of drug-likeness (QED) is 0.412. The maximum absolute atomic E-state index is 10.6. The summed E-state index contributed by atoms with van der Waals surface area (Å²) in [7, 11) is 0. The number of aromatic nitrogens is 1. The Morgan fingerprint density at radius 1 is 1.40 bits per heavy atom. The highest BCUT2D eigenvalue weighted by Crippen LogP contribution is 2.27. The molecule has 0 aliphatic carbocycles. The second kappa shape index (κ2) is 5.35. The van der Waals surface area contributed by atoms with Crippen LogP contribution in [0.5, 0.6) is 0 Å². The fourth-order valence-electron chi connectivity index (χ4n) is 1.51. The van der Waals surface area contributed by atoms with Gasteiger partial charge in [-0.25, -0.2) is 4.99 Å². The Bertz CT molecular complexity index is 759. The molecule has 100 valence electrons. The summed E-state index contributed by atoms with van der Waals surface area (Å²) in [6.07, 6.45) is 1.52. The topological polar surface area (TPSA) is 81.5 Å². The van der Waals surface area contributed by atoms with Gasteiger partial charge in [0, 0.05) is 29.3 Å². The van der Waals surface area contributed by atoms with E-state index in [1.54, 1.807) is 22.8 Å². The number of nitrogens with zero attached hydrogens (tertiary/aromatic N) is 3. The molecule has 0 saturated carbocycles. The van der Waals surface area contributed by atoms with Crippen LogP contribution in [0.15, 0.2) is 44.5 Å². The summed E-state index contributed by atoms with van der Waals surface area (Å²) in [5, 5.41) is 18.2. The van der Waals surface area contributed by atoms with Gasteiger partial charge in [0.25, 0.3) is 5.88 Å². The van der Waals surface area contributed by atoms with Gasteiger partial charge in [-0.05, 0) is 11.4 Å². The summed E-state index contributed by atoms with van der Waals surface area (Å²) in [5.41, 5.74) is 1.39. The number of hydrogen-bond acceptors (Lipinski definition) is 7. The van der Waals surface area contributed by atoms with E-state index in [0.29, 0.717) is 11.4 Å². The molecule has 3 rings (SSSR count). The second-order valence-corrected chi connectivity index (χ2v) is 5.60. The van der Waals surface area contributed by atoms with Crippen LogP contribution in [0.1, 0.15) is 5.56 Å². The van der Waals surface area contributed by atoms with E-state index in [9.17, 15) is 10.1 Å². The molecule has 3 heterocycles. The molecule has 6 nitrogen and oxygen atoms in total. The van der Waals surface area contributed by atoms with Gasteiger partial charge in [-0.1, -0.05) is 22.6 Å². The van der Waals surface area contributed by atoms with Crippen molar-refractivity contribution in [1.82, 2.24) is 5.16 Å². The lowest BCUT2D eigenvalue weighted by Gasteiger charge is -1.83. The molecule has 8 heteroatoms. The molecule has 0 spiro atoms. The molecule has 0 amide bonds. The standard InChI is InChI=1S/C12H7N3O3S2/c16-15(17)12-4-8(7-20-12)6-13-11-5-9(14-18-11)10-2-1-3-19-10/h1-7H. The van der Waals surface area contributed by atoms with Crippen LogP contribution in [-0.2, 0) is 0 Å². The summed E-state index contributed by atoms with van der Waals surface area (Å²) in [5.74, 6) is 0.363. The van der Waals surface area contributed by atoms with Gasteiger partial charge in [-0.2, -0.15) is 0 Å². The second-order valence-electron chi connectivity index (χ2n) is 3.76. The van der Waals surface area contributed by atoms with Crippen molar-refractivity contribution in [3.05, 3.63) is 50.7 Å². The number of nitro groups is 1. The first-order chi connectivity index (χ1) is 9.72. The minimum atomic E-state index is -0.425. The third-order valence-electron chi connectivity index (χ3n) is 2.40. The zero-order chi connectivity index (χ0) is 13.9.